The Kier molecular flexibility index (Phi) is 5.21. The molecule has 1 saturated heterocycles. The third-order valence-corrected chi connectivity index (χ3v) is 3.36. The first-order chi connectivity index (χ1) is 9.47. The maximum Gasteiger partial charge on any atom is 0.417 e. The smallest absolute Gasteiger partial charge is 0.417 e. The molecule has 0 aliphatic carbocycles. The number of halogens is 3. The molecule has 3 unspecified atom stereocenters. The number of hydrogen-bond acceptors (Lipinski definition) is 4. The standard InChI is InChI=1S/C12H19F3N2O4/c1-7-5-17(6-8(2)21-7)9(18)4-16-11(3,10(19)20)12(13,14)15/h7-8,16H,4-6H2,1-3H3,(H,19,20). The van der Waals surface area contributed by atoms with E-state index in [1.807, 2.05) is 0 Å². The molecule has 6 nitrogen and oxygen atoms in total. The van der Waals surface area contributed by atoms with Crippen LogP contribution in [-0.2, 0) is 14.3 Å². The Balaban J connectivity index is 2.68. The van der Waals surface area contributed by atoms with E-state index >= 15 is 0 Å². The second-order valence-corrected chi connectivity index (χ2v) is 5.34. The largest absolute Gasteiger partial charge is 0.480 e. The van der Waals surface area contributed by atoms with Gasteiger partial charge in [0, 0.05) is 13.1 Å². The normalized spacial score (nSPS) is 26.3. The number of alkyl halides is 3. The van der Waals surface area contributed by atoms with E-state index in [-0.39, 0.29) is 25.3 Å². The molecular formula is C12H19F3N2O4. The third-order valence-electron chi connectivity index (χ3n) is 3.36. The predicted octanol–water partition coefficient (Wildman–Crippen LogP) is 0.617. The van der Waals surface area contributed by atoms with Crippen molar-refractivity contribution >= 4 is 11.9 Å². The van der Waals surface area contributed by atoms with Crippen molar-refractivity contribution in [2.24, 2.45) is 0 Å². The second-order valence-electron chi connectivity index (χ2n) is 5.34. The number of carboxylic acid groups (broad SMARTS) is 1. The molecule has 122 valence electrons. The fourth-order valence-electron chi connectivity index (χ4n) is 2.04. The molecule has 1 heterocycles. The number of nitrogens with one attached hydrogen (secondary N) is 1. The Morgan fingerprint density at radius 1 is 1.29 bits per heavy atom. The van der Waals surface area contributed by atoms with Crippen LogP contribution in [-0.4, -0.2) is 65.4 Å². The van der Waals surface area contributed by atoms with Crippen molar-refractivity contribution < 1.29 is 32.6 Å². The van der Waals surface area contributed by atoms with Crippen LogP contribution in [0.2, 0.25) is 0 Å². The van der Waals surface area contributed by atoms with E-state index in [1.165, 1.54) is 4.90 Å². The Bertz CT molecular complexity index is 406. The molecule has 0 aromatic rings. The zero-order valence-electron chi connectivity index (χ0n) is 12.0. The van der Waals surface area contributed by atoms with Gasteiger partial charge in [0.2, 0.25) is 11.4 Å². The van der Waals surface area contributed by atoms with Gasteiger partial charge in [0.05, 0.1) is 18.8 Å². The Morgan fingerprint density at radius 2 is 1.76 bits per heavy atom. The lowest BCUT2D eigenvalue weighted by atomic mass is 10.0. The molecule has 0 aromatic carbocycles. The molecule has 1 rings (SSSR count). The summed E-state index contributed by atoms with van der Waals surface area (Å²) in [7, 11) is 0. The fraction of sp³-hybridized carbons (Fsp3) is 0.833. The Hall–Kier alpha value is -1.35. The summed E-state index contributed by atoms with van der Waals surface area (Å²) in [6, 6.07) is 0. The summed E-state index contributed by atoms with van der Waals surface area (Å²) in [6.45, 7) is 3.82. The van der Waals surface area contributed by atoms with E-state index in [0.29, 0.717) is 6.92 Å². The first-order valence-corrected chi connectivity index (χ1v) is 6.45. The van der Waals surface area contributed by atoms with Crippen molar-refractivity contribution in [2.45, 2.75) is 44.7 Å². The summed E-state index contributed by atoms with van der Waals surface area (Å²) in [6.07, 6.45) is -5.44. The van der Waals surface area contributed by atoms with Crippen LogP contribution in [0.15, 0.2) is 0 Å². The van der Waals surface area contributed by atoms with Gasteiger partial charge in [0.1, 0.15) is 0 Å². The summed E-state index contributed by atoms with van der Waals surface area (Å²) in [5.41, 5.74) is -3.16. The number of ether oxygens (including phenoxy) is 1. The van der Waals surface area contributed by atoms with Crippen molar-refractivity contribution in [3.8, 4) is 0 Å². The zero-order valence-corrected chi connectivity index (χ0v) is 12.0. The zero-order chi connectivity index (χ0) is 16.4. The van der Waals surface area contributed by atoms with Gasteiger partial charge in [-0.15, -0.1) is 0 Å². The third kappa shape index (κ3) is 4.07. The average molecular weight is 312 g/mol. The quantitative estimate of drug-likeness (QED) is 0.795. The van der Waals surface area contributed by atoms with Gasteiger partial charge in [-0.3, -0.25) is 10.1 Å². The van der Waals surface area contributed by atoms with Crippen LogP contribution in [0, 0.1) is 0 Å². The van der Waals surface area contributed by atoms with Gasteiger partial charge in [-0.2, -0.15) is 13.2 Å². The summed E-state index contributed by atoms with van der Waals surface area (Å²) in [5.74, 6) is -2.67. The average Bonchev–Trinajstić information content (AvgIpc) is 2.32. The predicted molar refractivity (Wildman–Crippen MR) is 66.7 cm³/mol. The van der Waals surface area contributed by atoms with Gasteiger partial charge >= 0.3 is 12.1 Å². The lowest BCUT2D eigenvalue weighted by Gasteiger charge is -2.36. The summed E-state index contributed by atoms with van der Waals surface area (Å²) in [4.78, 5) is 24.1. The van der Waals surface area contributed by atoms with Crippen LogP contribution < -0.4 is 5.32 Å². The molecule has 0 radical (unpaired) electrons. The van der Waals surface area contributed by atoms with Gasteiger partial charge in [-0.05, 0) is 20.8 Å². The molecule has 21 heavy (non-hydrogen) atoms. The van der Waals surface area contributed by atoms with Gasteiger partial charge in [-0.25, -0.2) is 4.79 Å². The van der Waals surface area contributed by atoms with Crippen molar-refractivity contribution in [2.75, 3.05) is 19.6 Å². The van der Waals surface area contributed by atoms with Gasteiger partial charge in [0.25, 0.3) is 0 Å². The van der Waals surface area contributed by atoms with Crippen molar-refractivity contribution in [3.63, 3.8) is 0 Å². The number of amides is 1. The molecule has 0 saturated carbocycles. The molecular weight excluding hydrogens is 293 g/mol. The van der Waals surface area contributed by atoms with Crippen LogP contribution >= 0.6 is 0 Å². The molecule has 1 aliphatic rings. The van der Waals surface area contributed by atoms with E-state index in [0.717, 1.165) is 0 Å². The number of carboxylic acids is 1. The summed E-state index contributed by atoms with van der Waals surface area (Å²) in [5, 5.41) is 10.6. The summed E-state index contributed by atoms with van der Waals surface area (Å²) >= 11 is 0. The molecule has 0 bridgehead atoms. The lowest BCUT2D eigenvalue weighted by Crippen LogP contribution is -2.62. The van der Waals surface area contributed by atoms with Gasteiger partial charge in [0.15, 0.2) is 0 Å². The second kappa shape index (κ2) is 6.18. The lowest BCUT2D eigenvalue weighted by molar-refractivity contribution is -0.206. The first-order valence-electron chi connectivity index (χ1n) is 6.45. The minimum atomic E-state index is -5.01. The number of carbonyl (C=O) groups is 2. The fourth-order valence-corrected chi connectivity index (χ4v) is 2.04. The Morgan fingerprint density at radius 3 is 2.14 bits per heavy atom. The summed E-state index contributed by atoms with van der Waals surface area (Å²) < 4.78 is 43.8. The van der Waals surface area contributed by atoms with E-state index in [9.17, 15) is 22.8 Å². The molecule has 3 atom stereocenters. The van der Waals surface area contributed by atoms with E-state index in [4.69, 9.17) is 9.84 Å². The number of nitrogens with zero attached hydrogens (tertiary/aromatic N) is 1. The first kappa shape index (κ1) is 17.7. The molecule has 9 heteroatoms. The highest BCUT2D eigenvalue weighted by atomic mass is 19.4. The van der Waals surface area contributed by atoms with Crippen LogP contribution in [0.5, 0.6) is 0 Å². The number of carbonyl (C=O) groups excluding carboxylic acids is 1. The van der Waals surface area contributed by atoms with Gasteiger partial charge < -0.3 is 14.7 Å². The molecule has 1 aliphatic heterocycles. The SMILES string of the molecule is CC1CN(C(=O)CNC(C)(C(=O)O)C(F)(F)F)CC(C)O1. The monoisotopic (exact) mass is 312 g/mol. The maximum absolute atomic E-state index is 12.8. The minimum absolute atomic E-state index is 0.217. The van der Waals surface area contributed by atoms with Crippen molar-refractivity contribution in [1.29, 1.82) is 0 Å². The van der Waals surface area contributed by atoms with Gasteiger partial charge in [-0.1, -0.05) is 0 Å². The highest BCUT2D eigenvalue weighted by Crippen LogP contribution is 2.30. The number of morpholine rings is 1. The Labute approximate surface area is 120 Å². The van der Waals surface area contributed by atoms with Crippen LogP contribution in [0.1, 0.15) is 20.8 Å². The van der Waals surface area contributed by atoms with Crippen molar-refractivity contribution in [3.05, 3.63) is 0 Å². The highest BCUT2D eigenvalue weighted by molar-refractivity contribution is 5.82. The number of aliphatic carboxylic acids is 1. The molecule has 0 spiro atoms. The topological polar surface area (TPSA) is 78.9 Å². The van der Waals surface area contributed by atoms with Crippen LogP contribution in [0.25, 0.3) is 0 Å². The number of rotatable bonds is 4. The maximum atomic E-state index is 12.8. The van der Waals surface area contributed by atoms with E-state index in [1.54, 1.807) is 19.2 Å². The van der Waals surface area contributed by atoms with E-state index < -0.39 is 30.1 Å². The van der Waals surface area contributed by atoms with Crippen LogP contribution in [0.3, 0.4) is 0 Å². The number of hydrogen-bond donors (Lipinski definition) is 2. The molecule has 1 fully saturated rings. The highest BCUT2D eigenvalue weighted by Gasteiger charge is 2.57. The minimum Gasteiger partial charge on any atom is -0.480 e. The van der Waals surface area contributed by atoms with E-state index in [2.05, 4.69) is 0 Å². The van der Waals surface area contributed by atoms with Crippen molar-refractivity contribution in [1.82, 2.24) is 10.2 Å². The van der Waals surface area contributed by atoms with Crippen LogP contribution in [0.4, 0.5) is 13.2 Å². The molecule has 0 aromatic heterocycles. The molecule has 1 amide bonds. The molecule has 2 N–H and O–H groups in total.